The average molecular weight is 595 g/mol. The molecule has 2 amide bonds. The van der Waals surface area contributed by atoms with Crippen molar-refractivity contribution in [1.82, 2.24) is 15.1 Å². The Morgan fingerprint density at radius 2 is 1.72 bits per heavy atom. The highest BCUT2D eigenvalue weighted by Crippen LogP contribution is 2.42. The lowest BCUT2D eigenvalue weighted by atomic mass is 9.77. The zero-order valence-corrected chi connectivity index (χ0v) is 23.6. The highest BCUT2D eigenvalue weighted by Gasteiger charge is 2.47. The Morgan fingerprint density at radius 1 is 1.06 bits per heavy atom. The van der Waals surface area contributed by atoms with E-state index in [2.05, 4.69) is 38.3 Å². The Morgan fingerprint density at radius 3 is 2.39 bits per heavy atom. The molecule has 0 bridgehead atoms. The van der Waals surface area contributed by atoms with Crippen molar-refractivity contribution < 1.29 is 9.59 Å². The van der Waals surface area contributed by atoms with Gasteiger partial charge in [-0.05, 0) is 80.9 Å². The van der Waals surface area contributed by atoms with Gasteiger partial charge in [0, 0.05) is 35.0 Å². The predicted octanol–water partition coefficient (Wildman–Crippen LogP) is 6.00. The first kappa shape index (κ1) is 27.4. The predicted molar refractivity (Wildman–Crippen MR) is 149 cm³/mol. The molecule has 1 spiro atoms. The minimum absolute atomic E-state index is 0. The highest BCUT2D eigenvalue weighted by atomic mass is 79.9. The molecule has 3 aliphatic rings. The maximum atomic E-state index is 13.4. The quantitative estimate of drug-likeness (QED) is 0.408. The molecule has 2 aliphatic heterocycles. The number of carbonyl (C=O) groups is 2. The Hall–Kier alpha value is -1.60. The van der Waals surface area contributed by atoms with Crippen LogP contribution in [-0.2, 0) is 16.1 Å². The van der Waals surface area contributed by atoms with Crippen molar-refractivity contribution in [3.63, 3.8) is 0 Å². The van der Waals surface area contributed by atoms with Crippen molar-refractivity contribution in [2.24, 2.45) is 11.3 Å². The van der Waals surface area contributed by atoms with Crippen LogP contribution in [0.15, 0.2) is 53.0 Å². The van der Waals surface area contributed by atoms with E-state index in [0.717, 1.165) is 74.7 Å². The van der Waals surface area contributed by atoms with E-state index in [1.807, 2.05) is 41.3 Å². The summed E-state index contributed by atoms with van der Waals surface area (Å²) in [5.74, 6) is 0.643. The molecule has 2 aromatic rings. The van der Waals surface area contributed by atoms with Crippen LogP contribution in [0.3, 0.4) is 0 Å². The van der Waals surface area contributed by atoms with E-state index in [1.54, 1.807) is 0 Å². The lowest BCUT2D eigenvalue weighted by Crippen LogP contribution is -2.45. The van der Waals surface area contributed by atoms with Gasteiger partial charge >= 0.3 is 0 Å². The van der Waals surface area contributed by atoms with Crippen molar-refractivity contribution in [1.29, 1.82) is 0 Å². The third kappa shape index (κ3) is 6.27. The molecule has 1 aliphatic carbocycles. The van der Waals surface area contributed by atoms with E-state index < -0.39 is 0 Å². The number of carbonyl (C=O) groups excluding carboxylic acids is 2. The first-order valence-corrected chi connectivity index (χ1v) is 13.9. The second-order valence-electron chi connectivity index (χ2n) is 10.4. The summed E-state index contributed by atoms with van der Waals surface area (Å²) in [4.78, 5) is 30.4. The minimum atomic E-state index is -0.200. The summed E-state index contributed by atoms with van der Waals surface area (Å²) in [6, 6.07) is 16.0. The molecule has 0 aromatic heterocycles. The first-order valence-electron chi connectivity index (χ1n) is 12.7. The molecule has 8 heteroatoms. The van der Waals surface area contributed by atoms with E-state index in [-0.39, 0.29) is 35.7 Å². The van der Waals surface area contributed by atoms with Crippen LogP contribution in [0.2, 0.25) is 5.02 Å². The van der Waals surface area contributed by atoms with Gasteiger partial charge < -0.3 is 15.1 Å². The van der Waals surface area contributed by atoms with Crippen molar-refractivity contribution in [2.45, 2.75) is 51.1 Å². The molecule has 1 unspecified atom stereocenters. The van der Waals surface area contributed by atoms with E-state index in [0.29, 0.717) is 17.5 Å². The van der Waals surface area contributed by atoms with Crippen molar-refractivity contribution in [3.8, 4) is 0 Å². The number of halogens is 3. The average Bonchev–Trinajstić information content (AvgIpc) is 3.68. The van der Waals surface area contributed by atoms with Gasteiger partial charge in [-0.3, -0.25) is 9.59 Å². The van der Waals surface area contributed by atoms with Gasteiger partial charge in [-0.2, -0.15) is 0 Å². The van der Waals surface area contributed by atoms with E-state index in [1.165, 1.54) is 5.56 Å². The van der Waals surface area contributed by atoms with Crippen LogP contribution in [0.4, 0.5) is 0 Å². The fourth-order valence-electron chi connectivity index (χ4n) is 5.53. The van der Waals surface area contributed by atoms with Gasteiger partial charge in [-0.1, -0.05) is 57.9 Å². The van der Waals surface area contributed by atoms with Gasteiger partial charge in [0.1, 0.15) is 0 Å². The molecule has 2 heterocycles. The van der Waals surface area contributed by atoms with Gasteiger partial charge in [0.2, 0.25) is 11.8 Å². The van der Waals surface area contributed by atoms with Crippen LogP contribution in [0, 0.1) is 11.3 Å². The third-order valence-electron chi connectivity index (χ3n) is 7.98. The molecule has 1 saturated carbocycles. The van der Waals surface area contributed by atoms with Gasteiger partial charge in [0.05, 0.1) is 11.5 Å². The minimum Gasteiger partial charge on any atom is -0.349 e. The summed E-state index contributed by atoms with van der Waals surface area (Å²) in [6.45, 7) is 4.26. The Labute approximate surface area is 233 Å². The summed E-state index contributed by atoms with van der Waals surface area (Å²) in [7, 11) is 0. The van der Waals surface area contributed by atoms with Crippen LogP contribution in [0.5, 0.6) is 0 Å². The highest BCUT2D eigenvalue weighted by molar-refractivity contribution is 9.10. The molecule has 5 rings (SSSR count). The maximum absolute atomic E-state index is 13.4. The number of nitrogens with one attached hydrogen (secondary N) is 1. The monoisotopic (exact) mass is 593 g/mol. The van der Waals surface area contributed by atoms with Crippen molar-refractivity contribution >= 4 is 51.8 Å². The number of hydrogen-bond donors (Lipinski definition) is 1. The molecule has 2 aromatic carbocycles. The second-order valence-corrected chi connectivity index (χ2v) is 11.7. The number of hydrogen-bond acceptors (Lipinski definition) is 3. The molecular weight excluding hydrogens is 561 g/mol. The molecule has 194 valence electrons. The van der Waals surface area contributed by atoms with Crippen molar-refractivity contribution in [2.75, 3.05) is 26.2 Å². The normalized spacial score (nSPS) is 20.3. The Bertz CT molecular complexity index is 1070. The van der Waals surface area contributed by atoms with Gasteiger partial charge in [-0.15, -0.1) is 12.4 Å². The Balaban J connectivity index is 0.00000304. The van der Waals surface area contributed by atoms with Crippen molar-refractivity contribution in [3.05, 3.63) is 69.2 Å². The zero-order valence-electron chi connectivity index (χ0n) is 20.4. The topological polar surface area (TPSA) is 52.7 Å². The fraction of sp³-hybridized carbons (Fsp3) is 0.500. The second kappa shape index (κ2) is 11.8. The van der Waals surface area contributed by atoms with Crippen LogP contribution < -0.4 is 5.32 Å². The number of rotatable bonds is 8. The van der Waals surface area contributed by atoms with Crippen LogP contribution >= 0.6 is 39.9 Å². The van der Waals surface area contributed by atoms with E-state index in [9.17, 15) is 9.59 Å². The SMILES string of the molecule is Cl.O=C(NC(CCN1CCC2(CC1)CCN(Cc1ccc(Br)cc1)C2=O)c1ccccc1Cl)C1CC1. The number of piperidine rings is 1. The summed E-state index contributed by atoms with van der Waals surface area (Å²) in [5, 5.41) is 3.95. The van der Waals surface area contributed by atoms with Crippen LogP contribution in [0.1, 0.15) is 55.7 Å². The molecule has 0 radical (unpaired) electrons. The number of amides is 2. The molecule has 1 N–H and O–H groups in total. The number of benzene rings is 2. The summed E-state index contributed by atoms with van der Waals surface area (Å²) < 4.78 is 1.06. The lowest BCUT2D eigenvalue weighted by Gasteiger charge is -2.38. The van der Waals surface area contributed by atoms with Gasteiger partial charge in [-0.25, -0.2) is 0 Å². The zero-order chi connectivity index (χ0) is 24.4. The molecule has 36 heavy (non-hydrogen) atoms. The summed E-state index contributed by atoms with van der Waals surface area (Å²) in [5.41, 5.74) is 1.97. The first-order chi connectivity index (χ1) is 16.9. The van der Waals surface area contributed by atoms with E-state index in [4.69, 9.17) is 11.6 Å². The van der Waals surface area contributed by atoms with Gasteiger partial charge in [0.15, 0.2) is 0 Å². The molecule has 1 atom stereocenters. The maximum Gasteiger partial charge on any atom is 0.229 e. The third-order valence-corrected chi connectivity index (χ3v) is 8.85. The summed E-state index contributed by atoms with van der Waals surface area (Å²) in [6.07, 6.45) is 5.57. The smallest absolute Gasteiger partial charge is 0.229 e. The number of likely N-dealkylation sites (tertiary alicyclic amines) is 2. The number of nitrogens with zero attached hydrogens (tertiary/aromatic N) is 2. The Kier molecular flexibility index (Phi) is 9.03. The molecule has 5 nitrogen and oxygen atoms in total. The fourth-order valence-corrected chi connectivity index (χ4v) is 6.06. The molecular formula is C28H34BrCl2N3O2. The van der Waals surface area contributed by atoms with Crippen LogP contribution in [0.25, 0.3) is 0 Å². The van der Waals surface area contributed by atoms with Crippen LogP contribution in [-0.4, -0.2) is 47.8 Å². The largest absolute Gasteiger partial charge is 0.349 e. The summed E-state index contributed by atoms with van der Waals surface area (Å²) >= 11 is 9.97. The standard InChI is InChI=1S/C28H33BrClN3O2.ClH/c29-22-9-5-20(6-10-22)19-33-18-14-28(27(33)35)12-16-32(17-13-28)15-11-25(31-26(34)21-7-8-21)23-3-1-2-4-24(23)30;/h1-6,9-10,21,25H,7-8,11-19H2,(H,31,34);1H. The van der Waals surface area contributed by atoms with E-state index >= 15 is 0 Å². The lowest BCUT2D eigenvalue weighted by molar-refractivity contribution is -0.139. The molecule has 3 fully saturated rings. The molecule has 2 saturated heterocycles. The van der Waals surface area contributed by atoms with Gasteiger partial charge in [0.25, 0.3) is 0 Å².